The van der Waals surface area contributed by atoms with Gasteiger partial charge in [-0.15, -0.1) is 0 Å². The highest BCUT2D eigenvalue weighted by Gasteiger charge is 2.34. The molecule has 6 heteroatoms. The molecule has 3 aromatic rings. The maximum atomic E-state index is 13.2. The van der Waals surface area contributed by atoms with E-state index < -0.39 is 10.0 Å². The summed E-state index contributed by atoms with van der Waals surface area (Å²) in [4.78, 5) is 13.2. The molecule has 0 aliphatic carbocycles. The van der Waals surface area contributed by atoms with Gasteiger partial charge in [0.05, 0.1) is 10.8 Å². The Morgan fingerprint density at radius 1 is 1.06 bits per heavy atom. The predicted octanol–water partition coefficient (Wildman–Crippen LogP) is 4.17. The number of fused-ring (bicyclic) bond motifs is 1. The van der Waals surface area contributed by atoms with Crippen molar-refractivity contribution in [3.63, 3.8) is 0 Å². The Kier molecular flexibility index (Phi) is 6.12. The molecular formula is C25H28N2O3S. The number of sulfonamides is 1. The molecule has 5 nitrogen and oxygen atoms in total. The number of piperidine rings is 1. The van der Waals surface area contributed by atoms with Crippen LogP contribution in [0.5, 0.6) is 0 Å². The molecule has 0 bridgehead atoms. The summed E-state index contributed by atoms with van der Waals surface area (Å²) in [7, 11) is -3.62. The molecule has 1 aliphatic rings. The lowest BCUT2D eigenvalue weighted by Crippen LogP contribution is -2.45. The van der Waals surface area contributed by atoms with Gasteiger partial charge in [0.2, 0.25) is 15.9 Å². The maximum Gasteiger partial charge on any atom is 0.243 e. The molecule has 31 heavy (non-hydrogen) atoms. The zero-order valence-electron chi connectivity index (χ0n) is 18.0. The highest BCUT2D eigenvalue weighted by atomic mass is 32.2. The van der Waals surface area contributed by atoms with Crippen LogP contribution in [-0.2, 0) is 21.4 Å². The summed E-state index contributed by atoms with van der Waals surface area (Å²) in [5.41, 5.74) is 2.70. The molecule has 1 atom stereocenters. The van der Waals surface area contributed by atoms with Gasteiger partial charge in [0, 0.05) is 19.6 Å². The van der Waals surface area contributed by atoms with Crippen LogP contribution in [0.3, 0.4) is 0 Å². The molecule has 162 valence electrons. The molecule has 0 radical (unpaired) electrons. The molecule has 0 unspecified atom stereocenters. The second-order valence-corrected chi connectivity index (χ2v) is 10.2. The lowest BCUT2D eigenvalue weighted by Gasteiger charge is -2.31. The van der Waals surface area contributed by atoms with E-state index in [9.17, 15) is 13.2 Å². The lowest BCUT2D eigenvalue weighted by molar-refractivity contribution is -0.126. The van der Waals surface area contributed by atoms with Crippen molar-refractivity contribution in [3.05, 3.63) is 77.4 Å². The fourth-order valence-corrected chi connectivity index (χ4v) is 6.11. The average molecular weight is 437 g/mol. The third kappa shape index (κ3) is 4.50. The Balaban J connectivity index is 1.47. The Labute approximate surface area is 184 Å². The number of rotatable bonds is 5. The van der Waals surface area contributed by atoms with Crippen LogP contribution in [0, 0.1) is 19.8 Å². The van der Waals surface area contributed by atoms with E-state index >= 15 is 0 Å². The van der Waals surface area contributed by atoms with Crippen molar-refractivity contribution in [2.45, 2.75) is 38.1 Å². The van der Waals surface area contributed by atoms with Gasteiger partial charge in [0.1, 0.15) is 0 Å². The minimum atomic E-state index is -3.62. The van der Waals surface area contributed by atoms with E-state index in [1.165, 1.54) is 4.31 Å². The summed E-state index contributed by atoms with van der Waals surface area (Å²) in [6, 6.07) is 19.6. The number of benzene rings is 3. The van der Waals surface area contributed by atoms with Crippen LogP contribution in [0.25, 0.3) is 10.8 Å². The van der Waals surface area contributed by atoms with Gasteiger partial charge in [-0.1, -0.05) is 54.6 Å². The minimum absolute atomic E-state index is 0.0891. The molecule has 1 aliphatic heterocycles. The molecule has 1 heterocycles. The summed E-state index contributed by atoms with van der Waals surface area (Å²) in [5, 5.41) is 5.29. The Morgan fingerprint density at radius 3 is 2.68 bits per heavy atom. The summed E-state index contributed by atoms with van der Waals surface area (Å²) in [6.07, 6.45) is 1.37. The number of carbonyl (C=O) groups excluding carboxylic acids is 1. The molecule has 0 spiro atoms. The largest absolute Gasteiger partial charge is 0.352 e. The first-order chi connectivity index (χ1) is 14.9. The Morgan fingerprint density at radius 2 is 1.84 bits per heavy atom. The van der Waals surface area contributed by atoms with Gasteiger partial charge in [-0.3, -0.25) is 4.79 Å². The first-order valence-corrected chi connectivity index (χ1v) is 12.1. The van der Waals surface area contributed by atoms with Gasteiger partial charge in [0.25, 0.3) is 0 Å². The van der Waals surface area contributed by atoms with E-state index in [1.54, 1.807) is 6.07 Å². The zero-order chi connectivity index (χ0) is 22.0. The molecule has 0 saturated carbocycles. The van der Waals surface area contributed by atoms with E-state index in [1.807, 2.05) is 50.2 Å². The van der Waals surface area contributed by atoms with Crippen molar-refractivity contribution < 1.29 is 13.2 Å². The smallest absolute Gasteiger partial charge is 0.243 e. The molecule has 1 N–H and O–H groups in total. The van der Waals surface area contributed by atoms with Gasteiger partial charge in [-0.25, -0.2) is 8.42 Å². The second-order valence-electron chi connectivity index (χ2n) is 8.33. The predicted molar refractivity (Wildman–Crippen MR) is 123 cm³/mol. The number of hydrogen-bond donors (Lipinski definition) is 1. The number of nitrogens with one attached hydrogen (secondary N) is 1. The topological polar surface area (TPSA) is 66.5 Å². The van der Waals surface area contributed by atoms with E-state index in [0.29, 0.717) is 30.8 Å². The fourth-order valence-electron chi connectivity index (χ4n) is 4.27. The van der Waals surface area contributed by atoms with Crippen LogP contribution in [0.2, 0.25) is 0 Å². The van der Waals surface area contributed by atoms with Crippen LogP contribution in [0.4, 0.5) is 0 Å². The first-order valence-electron chi connectivity index (χ1n) is 10.7. The van der Waals surface area contributed by atoms with E-state index in [4.69, 9.17) is 0 Å². The van der Waals surface area contributed by atoms with Crippen molar-refractivity contribution in [1.29, 1.82) is 0 Å². The van der Waals surface area contributed by atoms with Gasteiger partial charge < -0.3 is 5.32 Å². The highest BCUT2D eigenvalue weighted by molar-refractivity contribution is 7.89. The van der Waals surface area contributed by atoms with E-state index in [0.717, 1.165) is 27.5 Å². The zero-order valence-corrected chi connectivity index (χ0v) is 18.8. The van der Waals surface area contributed by atoms with Crippen molar-refractivity contribution >= 4 is 26.7 Å². The molecule has 4 rings (SSSR count). The van der Waals surface area contributed by atoms with Crippen LogP contribution in [0.15, 0.2) is 65.6 Å². The van der Waals surface area contributed by atoms with E-state index in [2.05, 4.69) is 23.5 Å². The third-order valence-electron chi connectivity index (χ3n) is 6.05. The number of carbonyl (C=O) groups is 1. The summed E-state index contributed by atoms with van der Waals surface area (Å²) < 4.78 is 28.0. The second kappa shape index (κ2) is 8.81. The van der Waals surface area contributed by atoms with Gasteiger partial charge >= 0.3 is 0 Å². The normalized spacial score (nSPS) is 17.5. The molecular weight excluding hydrogens is 408 g/mol. The van der Waals surface area contributed by atoms with Crippen LogP contribution in [-0.4, -0.2) is 31.7 Å². The number of aryl methyl sites for hydroxylation is 2. The number of hydrogen-bond acceptors (Lipinski definition) is 3. The van der Waals surface area contributed by atoms with Gasteiger partial charge in [0.15, 0.2) is 0 Å². The Bertz CT molecular complexity index is 1220. The molecule has 1 saturated heterocycles. The average Bonchev–Trinajstić information content (AvgIpc) is 2.79. The SMILES string of the molecule is Cc1ccc(C)c(S(=O)(=O)N2CCC[C@@H](C(=O)NCc3cccc4ccccc34)C2)c1. The molecule has 0 aromatic heterocycles. The Hall–Kier alpha value is -2.70. The monoisotopic (exact) mass is 436 g/mol. The summed E-state index contributed by atoms with van der Waals surface area (Å²) >= 11 is 0. The standard InChI is InChI=1S/C25H28N2O3S/c1-18-12-13-19(2)24(15-18)31(29,30)27-14-6-10-22(17-27)25(28)26-16-21-9-5-8-20-7-3-4-11-23(20)21/h3-5,7-9,11-13,15,22H,6,10,14,16-17H2,1-2H3,(H,26,28)/t22-/m1/s1. The van der Waals surface area contributed by atoms with E-state index in [-0.39, 0.29) is 18.4 Å². The van der Waals surface area contributed by atoms with Crippen molar-refractivity contribution in [3.8, 4) is 0 Å². The van der Waals surface area contributed by atoms with Crippen LogP contribution < -0.4 is 5.32 Å². The minimum Gasteiger partial charge on any atom is -0.352 e. The molecule has 1 amide bonds. The van der Waals surface area contributed by atoms with Crippen LogP contribution >= 0.6 is 0 Å². The van der Waals surface area contributed by atoms with Gasteiger partial charge in [-0.05, 0) is 60.2 Å². The third-order valence-corrected chi connectivity index (χ3v) is 8.06. The first kappa shape index (κ1) is 21.5. The molecule has 3 aromatic carbocycles. The lowest BCUT2D eigenvalue weighted by atomic mass is 9.98. The van der Waals surface area contributed by atoms with Crippen molar-refractivity contribution in [2.75, 3.05) is 13.1 Å². The quantitative estimate of drug-likeness (QED) is 0.653. The maximum absolute atomic E-state index is 13.2. The van der Waals surface area contributed by atoms with Gasteiger partial charge in [-0.2, -0.15) is 4.31 Å². The van der Waals surface area contributed by atoms with Crippen molar-refractivity contribution in [2.24, 2.45) is 5.92 Å². The fraction of sp³-hybridized carbons (Fsp3) is 0.320. The number of amides is 1. The van der Waals surface area contributed by atoms with Crippen molar-refractivity contribution in [1.82, 2.24) is 9.62 Å². The number of nitrogens with zero attached hydrogens (tertiary/aromatic N) is 1. The molecule has 1 fully saturated rings. The summed E-state index contributed by atoms with van der Waals surface area (Å²) in [6.45, 7) is 4.79. The highest BCUT2D eigenvalue weighted by Crippen LogP contribution is 2.27. The summed E-state index contributed by atoms with van der Waals surface area (Å²) in [5.74, 6) is -0.433. The van der Waals surface area contributed by atoms with Crippen LogP contribution in [0.1, 0.15) is 29.5 Å².